The number of hydrogen-bond donors (Lipinski definition) is 0. The first-order valence-electron chi connectivity index (χ1n) is 6.91. The van der Waals surface area contributed by atoms with Crippen LogP contribution < -0.4 is 0 Å². The molecule has 4 rings (SSSR count). The average molecular weight is 406 g/mol. The van der Waals surface area contributed by atoms with Crippen LogP contribution in [0, 0.1) is 6.92 Å². The van der Waals surface area contributed by atoms with Crippen LogP contribution >= 0.6 is 38.9 Å². The minimum atomic E-state index is 0.444. The lowest BCUT2D eigenvalue weighted by molar-refractivity contribution is 0.586. The zero-order chi connectivity index (χ0) is 16.0. The number of rotatable bonds is 2. The van der Waals surface area contributed by atoms with Crippen molar-refractivity contribution in [2.45, 2.75) is 6.92 Å². The van der Waals surface area contributed by atoms with Crippen LogP contribution in [0.25, 0.3) is 32.3 Å². The summed E-state index contributed by atoms with van der Waals surface area (Å²) < 4.78 is 7.88. The van der Waals surface area contributed by atoms with Crippen molar-refractivity contribution in [3.8, 4) is 22.2 Å². The number of benzene rings is 2. The van der Waals surface area contributed by atoms with Crippen LogP contribution in [-0.4, -0.2) is 10.2 Å². The Labute approximate surface area is 150 Å². The molecule has 2 aromatic heterocycles. The largest absolute Gasteiger partial charge is 0.415 e. The van der Waals surface area contributed by atoms with Crippen LogP contribution in [0.5, 0.6) is 0 Å². The molecule has 0 N–H and O–H groups in total. The topological polar surface area (TPSA) is 38.9 Å². The van der Waals surface area contributed by atoms with Gasteiger partial charge in [0.05, 0.1) is 10.6 Å². The third-order valence-electron chi connectivity index (χ3n) is 3.51. The Balaban J connectivity index is 1.83. The molecule has 0 spiro atoms. The van der Waals surface area contributed by atoms with Gasteiger partial charge >= 0.3 is 0 Å². The van der Waals surface area contributed by atoms with Gasteiger partial charge in [-0.2, -0.15) is 0 Å². The van der Waals surface area contributed by atoms with Crippen molar-refractivity contribution in [2.75, 3.05) is 0 Å². The summed E-state index contributed by atoms with van der Waals surface area (Å²) in [6.45, 7) is 2.06. The number of nitrogens with zero attached hydrogens (tertiary/aromatic N) is 2. The van der Waals surface area contributed by atoms with E-state index < -0.39 is 0 Å². The fraction of sp³-hybridized carbons (Fsp3) is 0.0588. The molecule has 2 heterocycles. The second-order valence-electron chi connectivity index (χ2n) is 5.14. The van der Waals surface area contributed by atoms with Crippen LogP contribution in [0.15, 0.2) is 51.4 Å². The maximum atomic E-state index is 6.50. The Morgan fingerprint density at radius 3 is 2.70 bits per heavy atom. The molecule has 0 aliphatic carbocycles. The van der Waals surface area contributed by atoms with E-state index in [9.17, 15) is 0 Å². The highest BCUT2D eigenvalue weighted by molar-refractivity contribution is 9.10. The average Bonchev–Trinajstić information content (AvgIpc) is 3.13. The first kappa shape index (κ1) is 14.9. The fourth-order valence-corrected chi connectivity index (χ4v) is 4.35. The number of thiophene rings is 1. The van der Waals surface area contributed by atoms with Gasteiger partial charge in [0.2, 0.25) is 5.89 Å². The van der Waals surface area contributed by atoms with E-state index in [1.165, 1.54) is 5.56 Å². The summed E-state index contributed by atoms with van der Waals surface area (Å²) in [5.74, 6) is 0.914. The van der Waals surface area contributed by atoms with E-state index in [2.05, 4.69) is 39.1 Å². The molecule has 4 aromatic rings. The third-order valence-corrected chi connectivity index (χ3v) is 5.85. The van der Waals surface area contributed by atoms with Crippen molar-refractivity contribution in [3.63, 3.8) is 0 Å². The van der Waals surface area contributed by atoms with Crippen molar-refractivity contribution < 1.29 is 4.42 Å². The molecule has 0 atom stereocenters. The minimum absolute atomic E-state index is 0.444. The Kier molecular flexibility index (Phi) is 3.71. The van der Waals surface area contributed by atoms with Crippen molar-refractivity contribution in [1.29, 1.82) is 0 Å². The predicted octanol–water partition coefficient (Wildman–Crippen LogP) is 6.34. The molecule has 0 bridgehead atoms. The van der Waals surface area contributed by atoms with Crippen molar-refractivity contribution >= 4 is 49.0 Å². The lowest BCUT2D eigenvalue weighted by Gasteiger charge is -1.97. The minimum Gasteiger partial charge on any atom is -0.415 e. The molecule has 0 fully saturated rings. The smallest absolute Gasteiger partial charge is 0.259 e. The Hall–Kier alpha value is -1.69. The molecule has 0 saturated carbocycles. The summed E-state index contributed by atoms with van der Waals surface area (Å²) >= 11 is 11.6. The maximum absolute atomic E-state index is 6.50. The summed E-state index contributed by atoms with van der Waals surface area (Å²) in [7, 11) is 0. The fourth-order valence-electron chi connectivity index (χ4n) is 2.37. The standard InChI is InChI=1S/C17H10BrClN2OS/c1-9-6-7-11-13(8-9)23-15(14(11)19)17-21-20-16(22-17)10-4-2-3-5-12(10)18/h2-8H,1H3. The van der Waals surface area contributed by atoms with E-state index in [-0.39, 0.29) is 0 Å². The molecule has 0 amide bonds. The highest BCUT2D eigenvalue weighted by Crippen LogP contribution is 2.42. The van der Waals surface area contributed by atoms with Crippen LogP contribution in [0.4, 0.5) is 0 Å². The molecule has 6 heteroatoms. The van der Waals surface area contributed by atoms with Gasteiger partial charge in [-0.15, -0.1) is 21.5 Å². The van der Waals surface area contributed by atoms with E-state index >= 15 is 0 Å². The van der Waals surface area contributed by atoms with Gasteiger partial charge in [0.15, 0.2) is 0 Å². The van der Waals surface area contributed by atoms with E-state index in [1.54, 1.807) is 11.3 Å². The monoisotopic (exact) mass is 404 g/mol. The second-order valence-corrected chi connectivity index (χ2v) is 7.42. The van der Waals surface area contributed by atoms with E-state index in [1.807, 2.05) is 36.4 Å². The number of aryl methyl sites for hydroxylation is 1. The first-order valence-corrected chi connectivity index (χ1v) is 8.89. The lowest BCUT2D eigenvalue weighted by Crippen LogP contribution is -1.78. The number of aromatic nitrogens is 2. The van der Waals surface area contributed by atoms with Gasteiger partial charge in [0.1, 0.15) is 4.88 Å². The number of fused-ring (bicyclic) bond motifs is 1. The third kappa shape index (κ3) is 2.59. The molecule has 0 radical (unpaired) electrons. The van der Waals surface area contributed by atoms with Crippen LogP contribution in [0.1, 0.15) is 5.56 Å². The van der Waals surface area contributed by atoms with Crippen molar-refractivity contribution in [2.24, 2.45) is 0 Å². The van der Waals surface area contributed by atoms with Gasteiger partial charge in [-0.25, -0.2) is 0 Å². The SMILES string of the molecule is Cc1ccc2c(Cl)c(-c3nnc(-c4ccccc4Br)o3)sc2c1. The molecule has 23 heavy (non-hydrogen) atoms. The Morgan fingerprint density at radius 1 is 1.09 bits per heavy atom. The summed E-state index contributed by atoms with van der Waals surface area (Å²) in [5, 5.41) is 10.00. The van der Waals surface area contributed by atoms with E-state index in [0.717, 1.165) is 25.0 Å². The highest BCUT2D eigenvalue weighted by Gasteiger charge is 2.19. The van der Waals surface area contributed by atoms with Gasteiger partial charge in [-0.1, -0.05) is 35.9 Å². The van der Waals surface area contributed by atoms with Gasteiger partial charge in [0.25, 0.3) is 5.89 Å². The number of hydrogen-bond acceptors (Lipinski definition) is 4. The van der Waals surface area contributed by atoms with E-state index in [0.29, 0.717) is 16.8 Å². The van der Waals surface area contributed by atoms with Gasteiger partial charge < -0.3 is 4.42 Å². The zero-order valence-corrected chi connectivity index (χ0v) is 15.2. The maximum Gasteiger partial charge on any atom is 0.259 e. The summed E-state index contributed by atoms with van der Waals surface area (Å²) in [6.07, 6.45) is 0. The molecular formula is C17H10BrClN2OS. The van der Waals surface area contributed by atoms with Gasteiger partial charge in [-0.3, -0.25) is 0 Å². The summed E-state index contributed by atoms with van der Waals surface area (Å²) in [4.78, 5) is 0.804. The molecule has 0 saturated heterocycles. The molecule has 0 aliphatic heterocycles. The van der Waals surface area contributed by atoms with Crippen molar-refractivity contribution in [3.05, 3.63) is 57.5 Å². The zero-order valence-electron chi connectivity index (χ0n) is 12.0. The predicted molar refractivity (Wildman–Crippen MR) is 98.0 cm³/mol. The summed E-state index contributed by atoms with van der Waals surface area (Å²) in [5.41, 5.74) is 2.06. The lowest BCUT2D eigenvalue weighted by atomic mass is 10.2. The number of halogens is 2. The molecule has 114 valence electrons. The van der Waals surface area contributed by atoms with Gasteiger partial charge in [-0.05, 0) is 46.6 Å². The van der Waals surface area contributed by atoms with Crippen molar-refractivity contribution in [1.82, 2.24) is 10.2 Å². The van der Waals surface area contributed by atoms with Crippen LogP contribution in [-0.2, 0) is 0 Å². The molecule has 3 nitrogen and oxygen atoms in total. The van der Waals surface area contributed by atoms with Crippen LogP contribution in [0.2, 0.25) is 5.02 Å². The quantitative estimate of drug-likeness (QED) is 0.390. The molecule has 0 aliphatic rings. The molecule has 0 unspecified atom stereocenters. The molecular weight excluding hydrogens is 396 g/mol. The Morgan fingerprint density at radius 2 is 1.87 bits per heavy atom. The summed E-state index contributed by atoms with van der Waals surface area (Å²) in [6, 6.07) is 13.9. The van der Waals surface area contributed by atoms with Gasteiger partial charge in [0, 0.05) is 14.6 Å². The second kappa shape index (κ2) is 5.74. The van der Waals surface area contributed by atoms with Crippen LogP contribution in [0.3, 0.4) is 0 Å². The Bertz CT molecular complexity index is 1020. The normalized spacial score (nSPS) is 11.3. The highest BCUT2D eigenvalue weighted by atomic mass is 79.9. The first-order chi connectivity index (χ1) is 11.1. The van der Waals surface area contributed by atoms with E-state index in [4.69, 9.17) is 16.0 Å². The molecule has 2 aromatic carbocycles.